The Hall–Kier alpha value is -0.790. The van der Waals surface area contributed by atoms with Crippen LogP contribution < -0.4 is 0 Å². The summed E-state index contributed by atoms with van der Waals surface area (Å²) in [6.07, 6.45) is 0.132. The predicted octanol–water partition coefficient (Wildman–Crippen LogP) is 3.28. The summed E-state index contributed by atoms with van der Waals surface area (Å²) >= 11 is 12.2. The number of nitriles is 1. The lowest BCUT2D eigenvalue weighted by atomic mass is 10.1. The van der Waals surface area contributed by atoms with Gasteiger partial charge in [0.05, 0.1) is 28.8 Å². The first kappa shape index (κ1) is 13.6. The molecule has 1 heterocycles. The Bertz CT molecular complexity index is 473. The number of benzene rings is 1. The van der Waals surface area contributed by atoms with Crippen molar-refractivity contribution in [2.24, 2.45) is 0 Å². The summed E-state index contributed by atoms with van der Waals surface area (Å²) in [5.74, 6) is 0. The smallest absolute Gasteiger partial charge is 0.125 e. The van der Waals surface area contributed by atoms with Crippen LogP contribution in [-0.4, -0.2) is 30.7 Å². The fraction of sp³-hybridized carbons (Fsp3) is 0.462. The molecule has 0 aromatic heterocycles. The van der Waals surface area contributed by atoms with E-state index in [0.29, 0.717) is 16.7 Å². The van der Waals surface area contributed by atoms with Crippen LogP contribution in [0.1, 0.15) is 18.5 Å². The number of ether oxygens (including phenoxy) is 1. The van der Waals surface area contributed by atoms with Crippen molar-refractivity contribution in [2.75, 3.05) is 19.7 Å². The van der Waals surface area contributed by atoms with Gasteiger partial charge in [-0.05, 0) is 13.0 Å². The highest BCUT2D eigenvalue weighted by Gasteiger charge is 2.27. The van der Waals surface area contributed by atoms with Gasteiger partial charge in [-0.2, -0.15) is 5.26 Å². The highest BCUT2D eigenvalue weighted by atomic mass is 35.5. The van der Waals surface area contributed by atoms with Crippen LogP contribution in [0.3, 0.4) is 0 Å². The summed E-state index contributed by atoms with van der Waals surface area (Å²) in [4.78, 5) is 2.08. The summed E-state index contributed by atoms with van der Waals surface area (Å²) < 4.78 is 5.48. The lowest BCUT2D eigenvalue weighted by Crippen LogP contribution is -2.42. The molecule has 0 N–H and O–H groups in total. The van der Waals surface area contributed by atoms with Crippen LogP contribution >= 0.6 is 23.2 Å². The zero-order valence-electron chi connectivity index (χ0n) is 10.1. The van der Waals surface area contributed by atoms with Crippen molar-refractivity contribution in [2.45, 2.75) is 19.1 Å². The number of hydrogen-bond acceptors (Lipinski definition) is 3. The molecule has 0 amide bonds. The van der Waals surface area contributed by atoms with Crippen molar-refractivity contribution in [1.82, 2.24) is 4.90 Å². The molecule has 1 saturated heterocycles. The van der Waals surface area contributed by atoms with E-state index < -0.39 is 0 Å². The van der Waals surface area contributed by atoms with Gasteiger partial charge >= 0.3 is 0 Å². The molecule has 0 saturated carbocycles. The van der Waals surface area contributed by atoms with E-state index in [1.165, 1.54) is 0 Å². The molecule has 0 spiro atoms. The highest BCUT2D eigenvalue weighted by Crippen LogP contribution is 2.33. The topological polar surface area (TPSA) is 36.3 Å². The minimum atomic E-state index is -0.373. The van der Waals surface area contributed by atoms with Gasteiger partial charge in [0.1, 0.15) is 6.04 Å². The van der Waals surface area contributed by atoms with Crippen LogP contribution in [0.2, 0.25) is 10.0 Å². The van der Waals surface area contributed by atoms with Gasteiger partial charge in [0.25, 0.3) is 0 Å². The molecule has 2 rings (SSSR count). The van der Waals surface area contributed by atoms with Crippen LogP contribution in [0.25, 0.3) is 0 Å². The Morgan fingerprint density at radius 3 is 2.94 bits per heavy atom. The van der Waals surface area contributed by atoms with Crippen molar-refractivity contribution in [3.05, 3.63) is 33.8 Å². The Labute approximate surface area is 117 Å². The fourth-order valence-electron chi connectivity index (χ4n) is 2.16. The van der Waals surface area contributed by atoms with Gasteiger partial charge in [-0.3, -0.25) is 4.90 Å². The van der Waals surface area contributed by atoms with Gasteiger partial charge in [-0.15, -0.1) is 0 Å². The molecule has 1 aliphatic heterocycles. The quantitative estimate of drug-likeness (QED) is 0.836. The van der Waals surface area contributed by atoms with E-state index in [-0.39, 0.29) is 12.1 Å². The molecule has 0 unspecified atom stereocenters. The minimum Gasteiger partial charge on any atom is -0.376 e. The van der Waals surface area contributed by atoms with Crippen molar-refractivity contribution >= 4 is 23.2 Å². The second kappa shape index (κ2) is 5.90. The van der Waals surface area contributed by atoms with E-state index >= 15 is 0 Å². The molecule has 18 heavy (non-hydrogen) atoms. The Morgan fingerprint density at radius 2 is 2.28 bits per heavy atom. The number of halogens is 2. The normalized spacial score (nSPS) is 22.4. The van der Waals surface area contributed by atoms with Gasteiger partial charge < -0.3 is 4.74 Å². The monoisotopic (exact) mass is 284 g/mol. The molecule has 0 bridgehead atoms. The summed E-state index contributed by atoms with van der Waals surface area (Å²) in [5, 5.41) is 10.3. The molecule has 1 aromatic rings. The molecular formula is C13H14Cl2N2O. The molecule has 3 nitrogen and oxygen atoms in total. The van der Waals surface area contributed by atoms with Gasteiger partial charge in [-0.25, -0.2) is 0 Å². The molecular weight excluding hydrogens is 271 g/mol. The summed E-state index contributed by atoms with van der Waals surface area (Å²) in [5.41, 5.74) is 0.765. The average molecular weight is 285 g/mol. The molecule has 2 atom stereocenters. The highest BCUT2D eigenvalue weighted by molar-refractivity contribution is 6.42. The van der Waals surface area contributed by atoms with E-state index in [2.05, 4.69) is 11.0 Å². The maximum absolute atomic E-state index is 9.40. The summed E-state index contributed by atoms with van der Waals surface area (Å²) in [6.45, 7) is 4.09. The summed E-state index contributed by atoms with van der Waals surface area (Å²) in [6, 6.07) is 7.32. The largest absolute Gasteiger partial charge is 0.376 e. The van der Waals surface area contributed by atoms with Crippen LogP contribution in [-0.2, 0) is 4.74 Å². The van der Waals surface area contributed by atoms with Crippen LogP contribution in [0, 0.1) is 11.3 Å². The number of nitrogens with zero attached hydrogens (tertiary/aromatic N) is 2. The number of rotatable bonds is 2. The van der Waals surface area contributed by atoms with Crippen molar-refractivity contribution < 1.29 is 4.74 Å². The first-order chi connectivity index (χ1) is 8.63. The average Bonchev–Trinajstić information content (AvgIpc) is 2.35. The second-order valence-corrected chi connectivity index (χ2v) is 5.14. The van der Waals surface area contributed by atoms with Crippen molar-refractivity contribution in [3.63, 3.8) is 0 Å². The predicted molar refractivity (Wildman–Crippen MR) is 71.8 cm³/mol. The zero-order valence-corrected chi connectivity index (χ0v) is 11.6. The SMILES string of the molecule is C[C@@H]1CN([C@H](C#N)c2cccc(Cl)c2Cl)CCO1. The Morgan fingerprint density at radius 1 is 1.50 bits per heavy atom. The Balaban J connectivity index is 2.28. The first-order valence-corrected chi connectivity index (χ1v) is 6.58. The standard InChI is InChI=1S/C13H14Cl2N2O/c1-9-8-17(5-6-18-9)12(7-16)10-3-2-4-11(14)13(10)15/h2-4,9,12H,5-6,8H2,1H3/t9-,12-/m1/s1. The first-order valence-electron chi connectivity index (χ1n) is 5.82. The van der Waals surface area contributed by atoms with E-state index in [1.807, 2.05) is 19.1 Å². The second-order valence-electron chi connectivity index (χ2n) is 4.35. The van der Waals surface area contributed by atoms with Gasteiger partial charge in [-0.1, -0.05) is 35.3 Å². The fourth-order valence-corrected chi connectivity index (χ4v) is 2.57. The maximum atomic E-state index is 9.40. The molecule has 0 aliphatic carbocycles. The Kier molecular flexibility index (Phi) is 4.47. The summed E-state index contributed by atoms with van der Waals surface area (Å²) in [7, 11) is 0. The zero-order chi connectivity index (χ0) is 13.1. The van der Waals surface area contributed by atoms with Gasteiger partial charge in [0.15, 0.2) is 0 Å². The number of morpholine rings is 1. The van der Waals surface area contributed by atoms with Crippen LogP contribution in [0.15, 0.2) is 18.2 Å². The molecule has 5 heteroatoms. The van der Waals surface area contributed by atoms with E-state index in [1.54, 1.807) is 6.07 Å². The van der Waals surface area contributed by atoms with Crippen molar-refractivity contribution in [1.29, 1.82) is 5.26 Å². The third-order valence-electron chi connectivity index (χ3n) is 3.04. The van der Waals surface area contributed by atoms with E-state index in [0.717, 1.165) is 18.7 Å². The van der Waals surface area contributed by atoms with E-state index in [4.69, 9.17) is 27.9 Å². The van der Waals surface area contributed by atoms with Gasteiger partial charge in [0.2, 0.25) is 0 Å². The lowest BCUT2D eigenvalue weighted by Gasteiger charge is -2.34. The third kappa shape index (κ3) is 2.78. The molecule has 96 valence electrons. The van der Waals surface area contributed by atoms with Gasteiger partial charge in [0, 0.05) is 18.7 Å². The van der Waals surface area contributed by atoms with Crippen molar-refractivity contribution in [3.8, 4) is 6.07 Å². The molecule has 1 aliphatic rings. The molecule has 0 radical (unpaired) electrons. The maximum Gasteiger partial charge on any atom is 0.125 e. The minimum absolute atomic E-state index is 0.132. The van der Waals surface area contributed by atoms with Crippen LogP contribution in [0.5, 0.6) is 0 Å². The third-order valence-corrected chi connectivity index (χ3v) is 3.87. The molecule has 1 fully saturated rings. The lowest BCUT2D eigenvalue weighted by molar-refractivity contribution is -0.0268. The van der Waals surface area contributed by atoms with Crippen LogP contribution in [0.4, 0.5) is 0 Å². The van der Waals surface area contributed by atoms with E-state index in [9.17, 15) is 5.26 Å². The molecule has 1 aromatic carbocycles. The number of hydrogen-bond donors (Lipinski definition) is 0.